The summed E-state index contributed by atoms with van der Waals surface area (Å²) in [6.07, 6.45) is 0.823. The largest absolute Gasteiger partial charge is 0.490 e. The molecule has 0 atom stereocenters. The number of hydrogen-bond acceptors (Lipinski definition) is 4. The predicted molar refractivity (Wildman–Crippen MR) is 76.8 cm³/mol. The summed E-state index contributed by atoms with van der Waals surface area (Å²) in [5, 5.41) is 0. The summed E-state index contributed by atoms with van der Waals surface area (Å²) in [5.41, 5.74) is 1.52. The lowest BCUT2D eigenvalue weighted by molar-refractivity contribution is 0.0524. The van der Waals surface area contributed by atoms with E-state index in [1.165, 1.54) is 0 Å². The first-order valence-corrected chi connectivity index (χ1v) is 7.05. The molecule has 1 rings (SSSR count). The second-order valence-electron chi connectivity index (χ2n) is 3.83. The summed E-state index contributed by atoms with van der Waals surface area (Å²) in [6.45, 7) is 5.10. The molecule has 4 nitrogen and oxygen atoms in total. The molecule has 0 N–H and O–H groups in total. The number of carbonyl (C=O) groups is 1. The van der Waals surface area contributed by atoms with Gasteiger partial charge >= 0.3 is 5.97 Å². The molecule has 0 radical (unpaired) electrons. The summed E-state index contributed by atoms with van der Waals surface area (Å²) in [7, 11) is 1.62. The third-order valence-corrected chi connectivity index (χ3v) is 3.38. The van der Waals surface area contributed by atoms with Crippen LogP contribution in [0.5, 0.6) is 5.75 Å². The van der Waals surface area contributed by atoms with Crippen molar-refractivity contribution < 1.29 is 19.0 Å². The molecular formula is C14H19BrO4. The number of ether oxygens (including phenoxy) is 3. The van der Waals surface area contributed by atoms with Crippen LogP contribution >= 0.6 is 15.9 Å². The number of rotatable bonds is 7. The van der Waals surface area contributed by atoms with Crippen molar-refractivity contribution in [2.24, 2.45) is 0 Å². The van der Waals surface area contributed by atoms with Gasteiger partial charge in [-0.2, -0.15) is 0 Å². The fourth-order valence-corrected chi connectivity index (χ4v) is 2.29. The average Bonchev–Trinajstić information content (AvgIpc) is 2.40. The molecule has 0 heterocycles. The highest BCUT2D eigenvalue weighted by Gasteiger charge is 2.17. The normalized spacial score (nSPS) is 10.3. The molecule has 0 spiro atoms. The van der Waals surface area contributed by atoms with E-state index in [1.54, 1.807) is 20.1 Å². The monoisotopic (exact) mass is 330 g/mol. The standard InChI is InChI=1S/C14H19BrO4/c1-4-10-6-7-11(14(16)18-5-2)12(15)13(10)19-9-8-17-3/h6-7H,4-5,8-9H2,1-3H3. The Bertz CT molecular complexity index is 432. The van der Waals surface area contributed by atoms with Gasteiger partial charge in [-0.1, -0.05) is 13.0 Å². The molecule has 19 heavy (non-hydrogen) atoms. The van der Waals surface area contributed by atoms with Gasteiger partial charge in [0.2, 0.25) is 0 Å². The zero-order chi connectivity index (χ0) is 14.3. The van der Waals surface area contributed by atoms with Gasteiger partial charge in [0.25, 0.3) is 0 Å². The maximum Gasteiger partial charge on any atom is 0.339 e. The average molecular weight is 331 g/mol. The molecule has 0 bridgehead atoms. The quantitative estimate of drug-likeness (QED) is 0.568. The number of carbonyl (C=O) groups excluding carboxylic acids is 1. The Kier molecular flexibility index (Phi) is 6.87. The van der Waals surface area contributed by atoms with Crippen molar-refractivity contribution >= 4 is 21.9 Å². The van der Waals surface area contributed by atoms with Crippen molar-refractivity contribution in [3.8, 4) is 5.75 Å². The molecule has 106 valence electrons. The van der Waals surface area contributed by atoms with Gasteiger partial charge in [0, 0.05) is 7.11 Å². The molecule has 0 unspecified atom stereocenters. The van der Waals surface area contributed by atoms with Crippen LogP contribution in [-0.4, -0.2) is 32.9 Å². The minimum atomic E-state index is -0.353. The Morgan fingerprint density at radius 1 is 1.26 bits per heavy atom. The lowest BCUT2D eigenvalue weighted by atomic mass is 10.1. The van der Waals surface area contributed by atoms with Gasteiger partial charge in [0.15, 0.2) is 0 Å². The Hall–Kier alpha value is -1.07. The van der Waals surface area contributed by atoms with Gasteiger partial charge < -0.3 is 14.2 Å². The highest BCUT2D eigenvalue weighted by molar-refractivity contribution is 9.10. The number of hydrogen-bond donors (Lipinski definition) is 0. The Morgan fingerprint density at radius 2 is 2.00 bits per heavy atom. The highest BCUT2D eigenvalue weighted by atomic mass is 79.9. The molecule has 0 aliphatic carbocycles. The van der Waals surface area contributed by atoms with Crippen LogP contribution in [0.4, 0.5) is 0 Å². The SMILES string of the molecule is CCOC(=O)c1ccc(CC)c(OCCOC)c1Br. The van der Waals surface area contributed by atoms with Crippen LogP contribution in [0, 0.1) is 0 Å². The van der Waals surface area contributed by atoms with Crippen LogP contribution in [0.1, 0.15) is 29.8 Å². The lowest BCUT2D eigenvalue weighted by Gasteiger charge is -2.14. The Morgan fingerprint density at radius 3 is 2.58 bits per heavy atom. The minimum absolute atomic E-state index is 0.348. The third kappa shape index (κ3) is 4.21. The lowest BCUT2D eigenvalue weighted by Crippen LogP contribution is -2.10. The van der Waals surface area contributed by atoms with E-state index in [-0.39, 0.29) is 5.97 Å². The Labute approximate surface area is 122 Å². The van der Waals surface area contributed by atoms with Crippen molar-refractivity contribution in [3.63, 3.8) is 0 Å². The second kappa shape index (κ2) is 8.17. The number of esters is 1. The van der Waals surface area contributed by atoms with Crippen molar-refractivity contribution in [3.05, 3.63) is 27.7 Å². The molecular weight excluding hydrogens is 312 g/mol. The second-order valence-corrected chi connectivity index (χ2v) is 4.62. The van der Waals surface area contributed by atoms with Gasteiger partial charge in [-0.25, -0.2) is 4.79 Å². The van der Waals surface area contributed by atoms with E-state index in [0.717, 1.165) is 12.0 Å². The van der Waals surface area contributed by atoms with Crippen molar-refractivity contribution in [2.45, 2.75) is 20.3 Å². The topological polar surface area (TPSA) is 44.8 Å². The molecule has 0 aliphatic heterocycles. The molecule has 5 heteroatoms. The van der Waals surface area contributed by atoms with Crippen LogP contribution in [0.15, 0.2) is 16.6 Å². The van der Waals surface area contributed by atoms with Gasteiger partial charge in [0.1, 0.15) is 12.4 Å². The van der Waals surface area contributed by atoms with E-state index >= 15 is 0 Å². The number of benzene rings is 1. The fourth-order valence-electron chi connectivity index (χ4n) is 1.62. The third-order valence-electron chi connectivity index (χ3n) is 2.59. The molecule has 0 saturated heterocycles. The van der Waals surface area contributed by atoms with E-state index in [1.807, 2.05) is 13.0 Å². The van der Waals surface area contributed by atoms with Crippen LogP contribution in [-0.2, 0) is 15.9 Å². The minimum Gasteiger partial charge on any atom is -0.490 e. The number of aryl methyl sites for hydroxylation is 1. The maximum atomic E-state index is 11.8. The van der Waals surface area contributed by atoms with Gasteiger partial charge in [0.05, 0.1) is 23.2 Å². The first-order valence-electron chi connectivity index (χ1n) is 6.25. The van der Waals surface area contributed by atoms with Gasteiger partial charge in [-0.3, -0.25) is 0 Å². The summed E-state index contributed by atoms with van der Waals surface area (Å²) in [4.78, 5) is 11.8. The smallest absolute Gasteiger partial charge is 0.339 e. The first-order chi connectivity index (χ1) is 9.15. The van der Waals surface area contributed by atoms with Crippen LogP contribution < -0.4 is 4.74 Å². The summed E-state index contributed by atoms with van der Waals surface area (Å²) in [5.74, 6) is 0.332. The molecule has 0 saturated carbocycles. The zero-order valence-electron chi connectivity index (χ0n) is 11.5. The van der Waals surface area contributed by atoms with E-state index in [2.05, 4.69) is 15.9 Å². The Balaban J connectivity index is 3.03. The molecule has 1 aromatic carbocycles. The van der Waals surface area contributed by atoms with E-state index in [4.69, 9.17) is 14.2 Å². The van der Waals surface area contributed by atoms with Gasteiger partial charge in [-0.05, 0) is 40.9 Å². The zero-order valence-corrected chi connectivity index (χ0v) is 13.1. The van der Waals surface area contributed by atoms with Crippen LogP contribution in [0.2, 0.25) is 0 Å². The summed E-state index contributed by atoms with van der Waals surface area (Å²) < 4.78 is 16.3. The number of methoxy groups -OCH3 is 1. The fraction of sp³-hybridized carbons (Fsp3) is 0.500. The molecule has 0 amide bonds. The van der Waals surface area contributed by atoms with Crippen molar-refractivity contribution in [1.82, 2.24) is 0 Å². The first kappa shape index (κ1) is 16.0. The summed E-state index contributed by atoms with van der Waals surface area (Å²) >= 11 is 3.43. The number of halogens is 1. The highest BCUT2D eigenvalue weighted by Crippen LogP contribution is 2.33. The van der Waals surface area contributed by atoms with Gasteiger partial charge in [-0.15, -0.1) is 0 Å². The van der Waals surface area contributed by atoms with Crippen molar-refractivity contribution in [2.75, 3.05) is 26.9 Å². The van der Waals surface area contributed by atoms with Crippen molar-refractivity contribution in [1.29, 1.82) is 0 Å². The molecule has 0 aliphatic rings. The van der Waals surface area contributed by atoms with Crippen LogP contribution in [0.25, 0.3) is 0 Å². The van der Waals surface area contributed by atoms with E-state index in [9.17, 15) is 4.79 Å². The summed E-state index contributed by atoms with van der Waals surface area (Å²) in [6, 6.07) is 3.64. The van der Waals surface area contributed by atoms with E-state index in [0.29, 0.717) is 35.6 Å². The van der Waals surface area contributed by atoms with E-state index < -0.39 is 0 Å². The molecule has 0 aromatic heterocycles. The molecule has 0 fully saturated rings. The molecule has 1 aromatic rings. The predicted octanol–water partition coefficient (Wildman–Crippen LogP) is 3.21. The maximum absolute atomic E-state index is 11.8. The van der Waals surface area contributed by atoms with Crippen LogP contribution in [0.3, 0.4) is 0 Å².